The van der Waals surface area contributed by atoms with Crippen LogP contribution in [0.5, 0.6) is 5.75 Å². The molecule has 0 unspecified atom stereocenters. The minimum atomic E-state index is 0.684. The molecule has 3 nitrogen and oxygen atoms in total. The van der Waals surface area contributed by atoms with E-state index in [1.165, 1.54) is 21.9 Å². The number of hydrogen-bond donors (Lipinski definition) is 0. The Balaban J connectivity index is 1.26. The van der Waals surface area contributed by atoms with Crippen LogP contribution in [0.25, 0.3) is 21.8 Å². The maximum atomic E-state index is 6.06. The summed E-state index contributed by atoms with van der Waals surface area (Å²) in [7, 11) is 0. The third-order valence-electron chi connectivity index (χ3n) is 5.73. The van der Waals surface area contributed by atoms with E-state index in [-0.39, 0.29) is 0 Å². The Morgan fingerprint density at radius 1 is 0.710 bits per heavy atom. The van der Waals surface area contributed by atoms with Crippen molar-refractivity contribution >= 4 is 21.8 Å². The predicted molar refractivity (Wildman–Crippen MR) is 128 cm³/mol. The molecule has 0 aliphatic rings. The average molecular weight is 407 g/mol. The predicted octanol–water partition coefficient (Wildman–Crippen LogP) is 6.44. The van der Waals surface area contributed by atoms with Gasteiger partial charge >= 0.3 is 0 Å². The van der Waals surface area contributed by atoms with E-state index in [9.17, 15) is 0 Å². The highest BCUT2D eigenvalue weighted by molar-refractivity contribution is 5.83. The van der Waals surface area contributed by atoms with Gasteiger partial charge in [0.25, 0.3) is 0 Å². The molecular formula is C28H26N2O. The molecule has 31 heavy (non-hydrogen) atoms. The average Bonchev–Trinajstić information content (AvgIpc) is 3.18. The molecule has 1 heterocycles. The molecule has 0 saturated carbocycles. The van der Waals surface area contributed by atoms with E-state index in [4.69, 9.17) is 9.72 Å². The van der Waals surface area contributed by atoms with E-state index < -0.39 is 0 Å². The van der Waals surface area contributed by atoms with Gasteiger partial charge in [-0.3, -0.25) is 0 Å². The molecule has 0 amide bonds. The summed E-state index contributed by atoms with van der Waals surface area (Å²) >= 11 is 0. The van der Waals surface area contributed by atoms with Gasteiger partial charge in [0.1, 0.15) is 11.6 Å². The van der Waals surface area contributed by atoms with Crippen molar-refractivity contribution in [3.05, 3.63) is 108 Å². The lowest BCUT2D eigenvalue weighted by Crippen LogP contribution is -2.09. The zero-order chi connectivity index (χ0) is 20.9. The fraction of sp³-hybridized carbons (Fsp3) is 0.179. The summed E-state index contributed by atoms with van der Waals surface area (Å²) in [6, 6.07) is 33.7. The Morgan fingerprint density at radius 2 is 1.48 bits per heavy atom. The van der Waals surface area contributed by atoms with E-state index in [1.807, 2.05) is 0 Å². The van der Waals surface area contributed by atoms with E-state index in [1.54, 1.807) is 0 Å². The van der Waals surface area contributed by atoms with Crippen LogP contribution in [0.2, 0.25) is 0 Å². The molecule has 3 heteroatoms. The van der Waals surface area contributed by atoms with Crippen LogP contribution in [-0.2, 0) is 19.4 Å². The van der Waals surface area contributed by atoms with Crippen molar-refractivity contribution in [2.24, 2.45) is 0 Å². The third-order valence-corrected chi connectivity index (χ3v) is 5.73. The first kappa shape index (κ1) is 19.4. The van der Waals surface area contributed by atoms with Gasteiger partial charge in [0, 0.05) is 13.0 Å². The molecule has 0 radical (unpaired) electrons. The van der Waals surface area contributed by atoms with Gasteiger partial charge in [0.15, 0.2) is 0 Å². The number of ether oxygens (including phenoxy) is 1. The van der Waals surface area contributed by atoms with Gasteiger partial charge < -0.3 is 9.30 Å². The molecular weight excluding hydrogens is 380 g/mol. The van der Waals surface area contributed by atoms with E-state index in [2.05, 4.69) is 102 Å². The maximum absolute atomic E-state index is 6.06. The van der Waals surface area contributed by atoms with E-state index in [0.717, 1.165) is 42.9 Å². The van der Waals surface area contributed by atoms with Crippen molar-refractivity contribution < 1.29 is 4.74 Å². The standard InChI is InChI=1S/C28H26N2O/c1-2-9-22(10-3-1)15-18-28-29-26-13-6-7-14-27(26)30(28)19-8-20-31-25-17-16-23-11-4-5-12-24(23)21-25/h1-7,9-14,16-17,21H,8,15,18-20H2. The summed E-state index contributed by atoms with van der Waals surface area (Å²) in [5.74, 6) is 2.08. The third kappa shape index (κ3) is 4.46. The van der Waals surface area contributed by atoms with Crippen LogP contribution in [-0.4, -0.2) is 16.2 Å². The quantitative estimate of drug-likeness (QED) is 0.277. The van der Waals surface area contributed by atoms with Gasteiger partial charge in [0.2, 0.25) is 0 Å². The molecule has 0 aliphatic carbocycles. The second kappa shape index (κ2) is 9.05. The zero-order valence-electron chi connectivity index (χ0n) is 17.6. The topological polar surface area (TPSA) is 27.1 Å². The van der Waals surface area contributed by atoms with Crippen molar-refractivity contribution in [2.75, 3.05) is 6.61 Å². The van der Waals surface area contributed by atoms with Crippen LogP contribution in [0.3, 0.4) is 0 Å². The van der Waals surface area contributed by atoms with Gasteiger partial charge in [-0.1, -0.05) is 72.8 Å². The minimum Gasteiger partial charge on any atom is -0.494 e. The SMILES string of the molecule is c1ccc(CCc2nc3ccccc3n2CCCOc2ccc3ccccc3c2)cc1. The molecule has 1 aromatic heterocycles. The Hall–Kier alpha value is -3.59. The summed E-state index contributed by atoms with van der Waals surface area (Å²) in [4.78, 5) is 4.92. The first-order valence-corrected chi connectivity index (χ1v) is 11.0. The minimum absolute atomic E-state index is 0.684. The number of aryl methyl sites for hydroxylation is 3. The summed E-state index contributed by atoms with van der Waals surface area (Å²) in [5.41, 5.74) is 3.62. The number of aromatic nitrogens is 2. The van der Waals surface area contributed by atoms with Crippen molar-refractivity contribution in [1.82, 2.24) is 9.55 Å². The van der Waals surface area contributed by atoms with Crippen LogP contribution in [0.4, 0.5) is 0 Å². The van der Waals surface area contributed by atoms with Crippen molar-refractivity contribution in [3.8, 4) is 5.75 Å². The molecule has 0 atom stereocenters. The van der Waals surface area contributed by atoms with E-state index in [0.29, 0.717) is 6.61 Å². The van der Waals surface area contributed by atoms with Crippen LogP contribution in [0.1, 0.15) is 17.8 Å². The summed E-state index contributed by atoms with van der Waals surface area (Å²) < 4.78 is 8.42. The monoisotopic (exact) mass is 406 g/mol. The lowest BCUT2D eigenvalue weighted by molar-refractivity contribution is 0.302. The van der Waals surface area contributed by atoms with E-state index >= 15 is 0 Å². The highest BCUT2D eigenvalue weighted by Crippen LogP contribution is 2.21. The molecule has 0 bridgehead atoms. The summed E-state index contributed by atoms with van der Waals surface area (Å²) in [5, 5.41) is 2.45. The fourth-order valence-corrected chi connectivity index (χ4v) is 4.14. The Bertz CT molecular complexity index is 1290. The molecule has 5 aromatic rings. The normalized spacial score (nSPS) is 11.2. The zero-order valence-corrected chi connectivity index (χ0v) is 17.6. The van der Waals surface area contributed by atoms with Gasteiger partial charge in [-0.15, -0.1) is 0 Å². The lowest BCUT2D eigenvalue weighted by Gasteiger charge is -2.11. The maximum Gasteiger partial charge on any atom is 0.119 e. The molecule has 154 valence electrons. The molecule has 0 saturated heterocycles. The largest absolute Gasteiger partial charge is 0.494 e. The molecule has 5 rings (SSSR count). The number of hydrogen-bond acceptors (Lipinski definition) is 2. The highest BCUT2D eigenvalue weighted by atomic mass is 16.5. The van der Waals surface area contributed by atoms with Gasteiger partial charge in [-0.25, -0.2) is 4.98 Å². The number of fused-ring (bicyclic) bond motifs is 2. The number of benzene rings is 4. The highest BCUT2D eigenvalue weighted by Gasteiger charge is 2.10. The van der Waals surface area contributed by atoms with Crippen LogP contribution in [0, 0.1) is 0 Å². The molecule has 4 aromatic carbocycles. The molecule has 0 aliphatic heterocycles. The summed E-state index contributed by atoms with van der Waals surface area (Å²) in [6.07, 6.45) is 2.87. The number of rotatable bonds is 8. The van der Waals surface area contributed by atoms with Gasteiger partial charge in [-0.05, 0) is 53.4 Å². The number of nitrogens with zero attached hydrogens (tertiary/aromatic N) is 2. The molecule has 0 spiro atoms. The van der Waals surface area contributed by atoms with Gasteiger partial charge in [0.05, 0.1) is 17.6 Å². The second-order valence-electron chi connectivity index (χ2n) is 7.86. The number of imidazole rings is 1. The van der Waals surface area contributed by atoms with Crippen LogP contribution < -0.4 is 4.74 Å². The first-order valence-electron chi connectivity index (χ1n) is 11.0. The smallest absolute Gasteiger partial charge is 0.119 e. The second-order valence-corrected chi connectivity index (χ2v) is 7.86. The van der Waals surface area contributed by atoms with Crippen molar-refractivity contribution in [1.29, 1.82) is 0 Å². The fourth-order valence-electron chi connectivity index (χ4n) is 4.14. The lowest BCUT2D eigenvalue weighted by atomic mass is 10.1. The Labute approximate surface area is 182 Å². The van der Waals surface area contributed by atoms with Crippen LogP contribution in [0.15, 0.2) is 97.1 Å². The Morgan fingerprint density at radius 3 is 2.39 bits per heavy atom. The summed E-state index contributed by atoms with van der Waals surface area (Å²) in [6.45, 7) is 1.58. The van der Waals surface area contributed by atoms with Crippen molar-refractivity contribution in [3.63, 3.8) is 0 Å². The molecule has 0 fully saturated rings. The first-order chi connectivity index (χ1) is 15.4. The number of para-hydroxylation sites is 2. The van der Waals surface area contributed by atoms with Crippen molar-refractivity contribution in [2.45, 2.75) is 25.8 Å². The Kier molecular flexibility index (Phi) is 5.66. The van der Waals surface area contributed by atoms with Crippen LogP contribution >= 0.6 is 0 Å². The molecule has 0 N–H and O–H groups in total. The van der Waals surface area contributed by atoms with Gasteiger partial charge in [-0.2, -0.15) is 0 Å².